The monoisotopic (exact) mass is 380 g/mol. The third-order valence-electron chi connectivity index (χ3n) is 4.66. The maximum absolute atomic E-state index is 12.4. The molecule has 0 fully saturated rings. The van der Waals surface area contributed by atoms with E-state index in [-0.39, 0.29) is 5.91 Å². The number of nitrogens with zero attached hydrogens (tertiary/aromatic N) is 1. The number of ether oxygens (including phenoxy) is 2. The number of aromatic nitrogens is 1. The summed E-state index contributed by atoms with van der Waals surface area (Å²) in [5.74, 6) is 1.52. The number of amides is 1. The van der Waals surface area contributed by atoms with Gasteiger partial charge in [0.1, 0.15) is 6.54 Å². The van der Waals surface area contributed by atoms with Gasteiger partial charge in [0, 0.05) is 17.8 Å². The Morgan fingerprint density at radius 2 is 1.75 bits per heavy atom. The Bertz CT molecular complexity index is 946. The summed E-state index contributed by atoms with van der Waals surface area (Å²) in [7, 11) is 0. The van der Waals surface area contributed by atoms with Crippen molar-refractivity contribution in [1.82, 2.24) is 9.88 Å². The molecule has 0 aliphatic rings. The highest BCUT2D eigenvalue weighted by Crippen LogP contribution is 2.28. The second kappa shape index (κ2) is 9.31. The lowest BCUT2D eigenvalue weighted by Crippen LogP contribution is -2.29. The molecule has 148 valence electrons. The van der Waals surface area contributed by atoms with Crippen LogP contribution >= 0.6 is 0 Å². The number of carbonyl (C=O) groups excluding carboxylic acids is 1. The van der Waals surface area contributed by atoms with Gasteiger partial charge < -0.3 is 19.4 Å². The van der Waals surface area contributed by atoms with Crippen LogP contribution in [0.25, 0.3) is 10.9 Å². The van der Waals surface area contributed by atoms with Gasteiger partial charge in [0.05, 0.1) is 13.2 Å². The van der Waals surface area contributed by atoms with Gasteiger partial charge in [-0.2, -0.15) is 0 Å². The normalized spacial score (nSPS) is 10.8. The first-order valence-electron chi connectivity index (χ1n) is 9.82. The minimum atomic E-state index is 0.0143. The Morgan fingerprint density at radius 1 is 1.00 bits per heavy atom. The average molecular weight is 380 g/mol. The topological polar surface area (TPSA) is 52.5 Å². The zero-order valence-electron chi connectivity index (χ0n) is 16.8. The quantitative estimate of drug-likeness (QED) is 0.608. The predicted octanol–water partition coefficient (Wildman–Crippen LogP) is 4.11. The molecular formula is C23H28N2O3. The van der Waals surface area contributed by atoms with Crippen LogP contribution in [-0.2, 0) is 17.8 Å². The van der Waals surface area contributed by atoms with E-state index >= 15 is 0 Å². The van der Waals surface area contributed by atoms with E-state index in [1.807, 2.05) is 57.2 Å². The van der Waals surface area contributed by atoms with Gasteiger partial charge in [-0.1, -0.05) is 24.3 Å². The Hall–Kier alpha value is -2.95. The van der Waals surface area contributed by atoms with Gasteiger partial charge >= 0.3 is 0 Å². The van der Waals surface area contributed by atoms with Crippen LogP contribution < -0.4 is 14.8 Å². The Labute approximate surface area is 166 Å². The molecule has 0 unspecified atom stereocenters. The van der Waals surface area contributed by atoms with Crippen LogP contribution in [0.3, 0.4) is 0 Å². The Kier molecular flexibility index (Phi) is 6.58. The number of carbonyl (C=O) groups is 1. The van der Waals surface area contributed by atoms with Gasteiger partial charge in [-0.3, -0.25) is 4.79 Å². The molecule has 2 aromatic carbocycles. The largest absolute Gasteiger partial charge is 0.490 e. The Balaban J connectivity index is 1.58. The highest BCUT2D eigenvalue weighted by atomic mass is 16.5. The summed E-state index contributed by atoms with van der Waals surface area (Å²) in [6.45, 7) is 8.03. The molecule has 28 heavy (non-hydrogen) atoms. The lowest BCUT2D eigenvalue weighted by molar-refractivity contribution is -0.121. The molecule has 1 heterocycles. The van der Waals surface area contributed by atoms with Crippen LogP contribution in [0.5, 0.6) is 11.5 Å². The first kappa shape index (κ1) is 19.8. The molecule has 0 saturated carbocycles. The first-order chi connectivity index (χ1) is 13.6. The predicted molar refractivity (Wildman–Crippen MR) is 112 cm³/mol. The molecule has 0 spiro atoms. The van der Waals surface area contributed by atoms with E-state index in [1.165, 1.54) is 0 Å². The summed E-state index contributed by atoms with van der Waals surface area (Å²) in [5.41, 5.74) is 3.28. The van der Waals surface area contributed by atoms with Crippen molar-refractivity contribution >= 4 is 16.8 Å². The fourth-order valence-corrected chi connectivity index (χ4v) is 3.36. The van der Waals surface area contributed by atoms with E-state index in [4.69, 9.17) is 9.47 Å². The van der Waals surface area contributed by atoms with Crippen molar-refractivity contribution in [3.8, 4) is 11.5 Å². The fraction of sp³-hybridized carbons (Fsp3) is 0.348. The van der Waals surface area contributed by atoms with Crippen LogP contribution in [0.1, 0.15) is 25.1 Å². The lowest BCUT2D eigenvalue weighted by Gasteiger charge is -2.13. The van der Waals surface area contributed by atoms with Crippen LogP contribution in [0.4, 0.5) is 0 Å². The average Bonchev–Trinajstić information content (AvgIpc) is 2.99. The van der Waals surface area contributed by atoms with Crippen LogP contribution in [0, 0.1) is 6.92 Å². The van der Waals surface area contributed by atoms with Crippen molar-refractivity contribution in [2.45, 2.75) is 33.7 Å². The molecular weight excluding hydrogens is 352 g/mol. The number of para-hydroxylation sites is 1. The van der Waals surface area contributed by atoms with Crippen LogP contribution in [0.15, 0.2) is 48.5 Å². The summed E-state index contributed by atoms with van der Waals surface area (Å²) in [6, 6.07) is 16.2. The van der Waals surface area contributed by atoms with Crippen molar-refractivity contribution in [2.24, 2.45) is 0 Å². The fourth-order valence-electron chi connectivity index (χ4n) is 3.36. The number of benzene rings is 2. The molecule has 0 bridgehead atoms. The SMILES string of the molecule is CCOc1ccc(CCNC(=O)Cn2c(C)cc3ccccc32)cc1OCC. The molecule has 0 radical (unpaired) electrons. The van der Waals surface area contributed by atoms with Crippen molar-refractivity contribution in [2.75, 3.05) is 19.8 Å². The number of nitrogens with one attached hydrogen (secondary N) is 1. The minimum Gasteiger partial charge on any atom is -0.490 e. The number of hydrogen-bond donors (Lipinski definition) is 1. The van der Waals surface area contributed by atoms with E-state index < -0.39 is 0 Å². The third-order valence-corrected chi connectivity index (χ3v) is 4.66. The first-order valence-corrected chi connectivity index (χ1v) is 9.82. The summed E-state index contributed by atoms with van der Waals surface area (Å²) in [4.78, 5) is 12.4. The van der Waals surface area contributed by atoms with Gasteiger partial charge in [-0.15, -0.1) is 0 Å². The maximum atomic E-state index is 12.4. The van der Waals surface area contributed by atoms with E-state index in [9.17, 15) is 4.79 Å². The van der Waals surface area contributed by atoms with Crippen molar-refractivity contribution in [3.05, 3.63) is 59.8 Å². The third kappa shape index (κ3) is 4.66. The van der Waals surface area contributed by atoms with E-state index in [1.54, 1.807) is 0 Å². The number of aryl methyl sites for hydroxylation is 1. The molecule has 3 rings (SSSR count). The van der Waals surface area contributed by atoms with E-state index in [0.29, 0.717) is 26.3 Å². The highest BCUT2D eigenvalue weighted by molar-refractivity contribution is 5.84. The van der Waals surface area contributed by atoms with Gasteiger partial charge in [-0.05, 0) is 62.4 Å². The molecule has 1 N–H and O–H groups in total. The molecule has 0 aliphatic heterocycles. The van der Waals surface area contributed by atoms with E-state index in [0.717, 1.165) is 40.1 Å². The van der Waals surface area contributed by atoms with Crippen molar-refractivity contribution in [3.63, 3.8) is 0 Å². The zero-order chi connectivity index (χ0) is 19.9. The summed E-state index contributed by atoms with van der Waals surface area (Å²) in [6.07, 6.45) is 0.740. The van der Waals surface area contributed by atoms with Crippen molar-refractivity contribution < 1.29 is 14.3 Å². The highest BCUT2D eigenvalue weighted by Gasteiger charge is 2.10. The van der Waals surface area contributed by atoms with Crippen LogP contribution in [0.2, 0.25) is 0 Å². The standard InChI is InChI=1S/C23H28N2O3/c1-4-27-21-11-10-18(15-22(21)28-5-2)12-13-24-23(26)16-25-17(3)14-19-8-6-7-9-20(19)25/h6-11,14-15H,4-5,12-13,16H2,1-3H3,(H,24,26). The smallest absolute Gasteiger partial charge is 0.239 e. The lowest BCUT2D eigenvalue weighted by atomic mass is 10.1. The van der Waals surface area contributed by atoms with Crippen LogP contribution in [-0.4, -0.2) is 30.2 Å². The van der Waals surface area contributed by atoms with Gasteiger partial charge in [0.15, 0.2) is 11.5 Å². The maximum Gasteiger partial charge on any atom is 0.239 e. The molecule has 5 nitrogen and oxygen atoms in total. The van der Waals surface area contributed by atoms with E-state index in [2.05, 4.69) is 22.0 Å². The van der Waals surface area contributed by atoms with Gasteiger partial charge in [-0.25, -0.2) is 0 Å². The molecule has 1 amide bonds. The number of fused-ring (bicyclic) bond motifs is 1. The minimum absolute atomic E-state index is 0.0143. The second-order valence-electron chi connectivity index (χ2n) is 6.68. The number of hydrogen-bond acceptors (Lipinski definition) is 3. The summed E-state index contributed by atoms with van der Waals surface area (Å²) >= 11 is 0. The molecule has 3 aromatic rings. The van der Waals surface area contributed by atoms with Crippen molar-refractivity contribution in [1.29, 1.82) is 0 Å². The number of rotatable bonds is 9. The summed E-state index contributed by atoms with van der Waals surface area (Å²) in [5, 5.41) is 4.18. The second-order valence-corrected chi connectivity index (χ2v) is 6.68. The Morgan fingerprint density at radius 3 is 2.54 bits per heavy atom. The molecule has 0 saturated heterocycles. The molecule has 5 heteroatoms. The summed E-state index contributed by atoms with van der Waals surface area (Å²) < 4.78 is 13.3. The van der Waals surface area contributed by atoms with Gasteiger partial charge in [0.2, 0.25) is 5.91 Å². The zero-order valence-corrected chi connectivity index (χ0v) is 16.8. The van der Waals surface area contributed by atoms with Gasteiger partial charge in [0.25, 0.3) is 0 Å². The molecule has 1 aromatic heterocycles. The molecule has 0 aliphatic carbocycles. The molecule has 0 atom stereocenters.